The zero-order valence-electron chi connectivity index (χ0n) is 12.6. The number of aromatic nitrogens is 1. The molecule has 21 heavy (non-hydrogen) atoms. The number of hydrogen-bond acceptors (Lipinski definition) is 3. The maximum atomic E-state index is 4.66. The van der Waals surface area contributed by atoms with Crippen molar-refractivity contribution in [2.75, 3.05) is 5.32 Å². The van der Waals surface area contributed by atoms with Crippen molar-refractivity contribution >= 4 is 32.4 Å². The van der Waals surface area contributed by atoms with Crippen LogP contribution >= 0.6 is 11.3 Å². The summed E-state index contributed by atoms with van der Waals surface area (Å²) in [6.45, 7) is 6.82. The van der Waals surface area contributed by atoms with E-state index in [9.17, 15) is 0 Å². The summed E-state index contributed by atoms with van der Waals surface area (Å²) in [6, 6.07) is 16.8. The van der Waals surface area contributed by atoms with E-state index in [2.05, 4.69) is 61.4 Å². The first-order valence-corrected chi connectivity index (χ1v) is 8.17. The predicted octanol–water partition coefficient (Wildman–Crippen LogP) is 5.80. The van der Waals surface area contributed by atoms with Crippen molar-refractivity contribution < 1.29 is 0 Å². The summed E-state index contributed by atoms with van der Waals surface area (Å²) >= 11 is 1.71. The molecule has 0 fully saturated rings. The Balaban J connectivity index is 1.90. The van der Waals surface area contributed by atoms with Crippen molar-refractivity contribution in [3.05, 3.63) is 54.1 Å². The molecular weight excluding hydrogens is 276 g/mol. The van der Waals surface area contributed by atoms with Crippen LogP contribution in [0.25, 0.3) is 10.2 Å². The van der Waals surface area contributed by atoms with Gasteiger partial charge < -0.3 is 5.32 Å². The van der Waals surface area contributed by atoms with Crippen molar-refractivity contribution in [2.45, 2.75) is 26.7 Å². The van der Waals surface area contributed by atoms with Gasteiger partial charge in [-0.1, -0.05) is 56.4 Å². The smallest absolute Gasteiger partial charge is 0.188 e. The number of hydrogen-bond donors (Lipinski definition) is 1. The molecule has 0 saturated heterocycles. The number of benzene rings is 2. The van der Waals surface area contributed by atoms with Crippen molar-refractivity contribution in [3.8, 4) is 0 Å². The fraction of sp³-hybridized carbons (Fsp3) is 0.278. The fourth-order valence-electron chi connectivity index (χ4n) is 2.31. The highest BCUT2D eigenvalue weighted by atomic mass is 32.1. The molecule has 1 atom stereocenters. The highest BCUT2D eigenvalue weighted by Crippen LogP contribution is 2.32. The molecule has 0 saturated carbocycles. The van der Waals surface area contributed by atoms with Gasteiger partial charge in [-0.2, -0.15) is 0 Å². The Morgan fingerprint density at radius 3 is 2.48 bits per heavy atom. The summed E-state index contributed by atoms with van der Waals surface area (Å²) in [4.78, 5) is 4.66. The Morgan fingerprint density at radius 2 is 1.76 bits per heavy atom. The average molecular weight is 296 g/mol. The molecule has 108 valence electrons. The number of nitrogens with one attached hydrogen (secondary N) is 1. The number of fused-ring (bicyclic) bond motifs is 1. The van der Waals surface area contributed by atoms with Gasteiger partial charge in [0.1, 0.15) is 0 Å². The topological polar surface area (TPSA) is 24.9 Å². The van der Waals surface area contributed by atoms with Gasteiger partial charge in [-0.05, 0) is 41.7 Å². The third-order valence-electron chi connectivity index (χ3n) is 3.96. The van der Waals surface area contributed by atoms with E-state index in [0.717, 1.165) is 16.3 Å². The molecule has 0 aliphatic rings. The molecule has 3 heteroatoms. The van der Waals surface area contributed by atoms with Gasteiger partial charge in [0.2, 0.25) is 0 Å². The largest absolute Gasteiger partial charge is 0.332 e. The summed E-state index contributed by atoms with van der Waals surface area (Å²) in [5.41, 5.74) is 3.54. The maximum Gasteiger partial charge on any atom is 0.188 e. The lowest BCUT2D eigenvalue weighted by Gasteiger charge is -2.15. The summed E-state index contributed by atoms with van der Waals surface area (Å²) in [7, 11) is 0. The normalized spacial score (nSPS) is 12.8. The molecule has 2 nitrogen and oxygen atoms in total. The molecule has 0 aliphatic heterocycles. The average Bonchev–Trinajstić information content (AvgIpc) is 2.88. The molecule has 1 N–H and O–H groups in total. The highest BCUT2D eigenvalue weighted by Gasteiger charge is 2.12. The van der Waals surface area contributed by atoms with E-state index in [1.165, 1.54) is 10.3 Å². The molecule has 0 spiro atoms. The van der Waals surface area contributed by atoms with E-state index < -0.39 is 0 Å². The molecule has 3 aromatic rings. The molecule has 1 heterocycles. The lowest BCUT2D eigenvalue weighted by Crippen LogP contribution is -2.01. The summed E-state index contributed by atoms with van der Waals surface area (Å²) in [5.74, 6) is 1.22. The minimum atomic E-state index is 0.571. The summed E-state index contributed by atoms with van der Waals surface area (Å²) < 4.78 is 1.25. The van der Waals surface area contributed by atoms with Crippen molar-refractivity contribution in [3.63, 3.8) is 0 Å². The number of anilines is 2. The monoisotopic (exact) mass is 296 g/mol. The first-order chi connectivity index (χ1) is 10.1. The van der Waals surface area contributed by atoms with Crippen LogP contribution in [-0.4, -0.2) is 4.98 Å². The lowest BCUT2D eigenvalue weighted by molar-refractivity contribution is 0.535. The lowest BCUT2D eigenvalue weighted by atomic mass is 9.90. The second-order valence-corrected chi connectivity index (χ2v) is 6.80. The van der Waals surface area contributed by atoms with E-state index in [4.69, 9.17) is 0 Å². The molecular formula is C18H20N2S. The van der Waals surface area contributed by atoms with Crippen LogP contribution in [0.5, 0.6) is 0 Å². The van der Waals surface area contributed by atoms with E-state index in [0.29, 0.717) is 11.8 Å². The minimum Gasteiger partial charge on any atom is -0.332 e. The first-order valence-electron chi connectivity index (χ1n) is 7.36. The van der Waals surface area contributed by atoms with Crippen LogP contribution in [0.15, 0.2) is 48.5 Å². The second kappa shape index (κ2) is 5.86. The van der Waals surface area contributed by atoms with Gasteiger partial charge in [-0.25, -0.2) is 4.98 Å². The van der Waals surface area contributed by atoms with Gasteiger partial charge in [0, 0.05) is 5.69 Å². The third-order valence-corrected chi connectivity index (χ3v) is 4.90. The Hall–Kier alpha value is -1.87. The predicted molar refractivity (Wildman–Crippen MR) is 92.6 cm³/mol. The molecule has 2 aromatic carbocycles. The Labute approximate surface area is 129 Å². The van der Waals surface area contributed by atoms with Gasteiger partial charge in [0.25, 0.3) is 0 Å². The Bertz CT molecular complexity index is 731. The van der Waals surface area contributed by atoms with E-state index in [-0.39, 0.29) is 0 Å². The molecule has 0 amide bonds. The van der Waals surface area contributed by atoms with Crippen LogP contribution < -0.4 is 5.32 Å². The molecule has 0 bridgehead atoms. The van der Waals surface area contributed by atoms with Gasteiger partial charge in [0.15, 0.2) is 5.13 Å². The second-order valence-electron chi connectivity index (χ2n) is 5.77. The van der Waals surface area contributed by atoms with E-state index in [1.54, 1.807) is 11.3 Å². The van der Waals surface area contributed by atoms with E-state index >= 15 is 0 Å². The standard InChI is InChI=1S/C18H20N2S/c1-12(2)13(3)14-9-10-16-17(11-14)21-18(20-16)19-15-7-5-4-6-8-15/h4-13H,1-3H3,(H,19,20). The van der Waals surface area contributed by atoms with Crippen molar-refractivity contribution in [1.82, 2.24) is 4.98 Å². The van der Waals surface area contributed by atoms with Gasteiger partial charge >= 0.3 is 0 Å². The van der Waals surface area contributed by atoms with Crippen LogP contribution in [0, 0.1) is 5.92 Å². The quantitative estimate of drug-likeness (QED) is 0.658. The number of nitrogens with zero attached hydrogens (tertiary/aromatic N) is 1. The summed E-state index contributed by atoms with van der Waals surface area (Å²) in [5, 5.41) is 4.32. The van der Waals surface area contributed by atoms with E-state index in [1.807, 2.05) is 18.2 Å². The van der Waals surface area contributed by atoms with Gasteiger partial charge in [-0.15, -0.1) is 0 Å². The van der Waals surface area contributed by atoms with Crippen LogP contribution in [0.2, 0.25) is 0 Å². The van der Waals surface area contributed by atoms with Crippen molar-refractivity contribution in [2.24, 2.45) is 5.92 Å². The van der Waals surface area contributed by atoms with Crippen LogP contribution in [0.4, 0.5) is 10.8 Å². The maximum absolute atomic E-state index is 4.66. The molecule has 1 unspecified atom stereocenters. The highest BCUT2D eigenvalue weighted by molar-refractivity contribution is 7.22. The Morgan fingerprint density at radius 1 is 1.00 bits per heavy atom. The van der Waals surface area contributed by atoms with Crippen LogP contribution in [0.1, 0.15) is 32.3 Å². The molecule has 3 rings (SSSR count). The number of thiazole rings is 1. The SMILES string of the molecule is CC(C)C(C)c1ccc2nc(Nc3ccccc3)sc2c1. The van der Waals surface area contributed by atoms with Crippen LogP contribution in [-0.2, 0) is 0 Å². The number of para-hydroxylation sites is 1. The van der Waals surface area contributed by atoms with Gasteiger partial charge in [0.05, 0.1) is 10.2 Å². The fourth-order valence-corrected chi connectivity index (χ4v) is 3.24. The summed E-state index contributed by atoms with van der Waals surface area (Å²) in [6.07, 6.45) is 0. The Kier molecular flexibility index (Phi) is 3.93. The van der Waals surface area contributed by atoms with Gasteiger partial charge in [-0.3, -0.25) is 0 Å². The van der Waals surface area contributed by atoms with Crippen molar-refractivity contribution in [1.29, 1.82) is 0 Å². The first kappa shape index (κ1) is 14.1. The zero-order chi connectivity index (χ0) is 14.8. The molecule has 1 aromatic heterocycles. The molecule has 0 aliphatic carbocycles. The number of rotatable bonds is 4. The zero-order valence-corrected chi connectivity index (χ0v) is 13.4. The van der Waals surface area contributed by atoms with Crippen LogP contribution in [0.3, 0.4) is 0 Å². The third kappa shape index (κ3) is 3.08. The molecule has 0 radical (unpaired) electrons. The minimum absolute atomic E-state index is 0.571.